The van der Waals surface area contributed by atoms with Gasteiger partial charge in [0.05, 0.1) is 5.56 Å². The summed E-state index contributed by atoms with van der Waals surface area (Å²) in [4.78, 5) is 24.2. The van der Waals surface area contributed by atoms with Crippen molar-refractivity contribution in [1.82, 2.24) is 4.90 Å². The average molecular weight is 281 g/mol. The summed E-state index contributed by atoms with van der Waals surface area (Å²) >= 11 is 0. The van der Waals surface area contributed by atoms with Crippen molar-refractivity contribution < 1.29 is 19.1 Å². The first-order chi connectivity index (χ1) is 9.47. The Morgan fingerprint density at radius 2 is 2.00 bits per heavy atom. The van der Waals surface area contributed by atoms with Gasteiger partial charge in [0.1, 0.15) is 5.82 Å². The molecule has 0 saturated carbocycles. The van der Waals surface area contributed by atoms with Crippen molar-refractivity contribution in [3.05, 3.63) is 29.6 Å². The number of benzene rings is 1. The molecule has 1 fully saturated rings. The Morgan fingerprint density at radius 1 is 1.35 bits per heavy atom. The second-order valence-electron chi connectivity index (χ2n) is 4.75. The molecule has 1 aliphatic heterocycles. The molecule has 1 saturated heterocycles. The van der Waals surface area contributed by atoms with Crippen LogP contribution in [0.15, 0.2) is 18.2 Å². The highest BCUT2D eigenvalue weighted by molar-refractivity contribution is 5.91. The molecular formula is C13H16FN3O3. The van der Waals surface area contributed by atoms with Crippen LogP contribution in [0, 0.1) is 5.82 Å². The van der Waals surface area contributed by atoms with E-state index in [0.717, 1.165) is 25.0 Å². The summed E-state index contributed by atoms with van der Waals surface area (Å²) in [5.74, 6) is -2.22. The average Bonchev–Trinajstić information content (AvgIpc) is 2.39. The molecule has 0 spiro atoms. The molecule has 0 aromatic heterocycles. The Morgan fingerprint density at radius 3 is 2.55 bits per heavy atom. The Hall–Kier alpha value is -2.15. The number of carboxylic acid groups (broad SMARTS) is 1. The normalized spacial score (nSPS) is 16.0. The molecule has 1 aromatic rings. The Kier molecular flexibility index (Phi) is 4.19. The van der Waals surface area contributed by atoms with E-state index in [1.54, 1.807) is 4.90 Å². The molecule has 0 radical (unpaired) electrons. The van der Waals surface area contributed by atoms with Crippen molar-refractivity contribution in [2.45, 2.75) is 18.9 Å². The van der Waals surface area contributed by atoms with E-state index in [9.17, 15) is 14.0 Å². The molecular weight excluding hydrogens is 265 g/mol. The number of carbonyl (C=O) groups excluding carboxylic acids is 1. The second-order valence-corrected chi connectivity index (χ2v) is 4.75. The number of rotatable bonds is 2. The molecule has 6 nitrogen and oxygen atoms in total. The van der Waals surface area contributed by atoms with Crippen LogP contribution in [0.4, 0.5) is 14.9 Å². The van der Waals surface area contributed by atoms with Gasteiger partial charge in [0.2, 0.25) is 0 Å². The summed E-state index contributed by atoms with van der Waals surface area (Å²) in [5, 5.41) is 11.3. The molecule has 2 rings (SSSR count). The number of carboxylic acids is 1. The zero-order valence-corrected chi connectivity index (χ0v) is 10.8. The quantitative estimate of drug-likeness (QED) is 0.765. The number of carbonyl (C=O) groups is 2. The maximum absolute atomic E-state index is 13.5. The van der Waals surface area contributed by atoms with E-state index in [1.807, 2.05) is 0 Å². The van der Waals surface area contributed by atoms with Crippen LogP contribution in [0.5, 0.6) is 0 Å². The molecule has 0 aliphatic carbocycles. The number of nitrogens with zero attached hydrogens (tertiary/aromatic N) is 1. The van der Waals surface area contributed by atoms with Crippen molar-refractivity contribution in [2.75, 3.05) is 18.4 Å². The van der Waals surface area contributed by atoms with Crippen LogP contribution >= 0.6 is 0 Å². The third kappa shape index (κ3) is 3.24. The molecule has 0 bridgehead atoms. The number of hydrogen-bond donors (Lipinski definition) is 3. The van der Waals surface area contributed by atoms with Crippen LogP contribution in [0.25, 0.3) is 0 Å². The molecule has 1 heterocycles. The lowest BCUT2D eigenvalue weighted by Gasteiger charge is -2.30. The van der Waals surface area contributed by atoms with Crippen molar-refractivity contribution in [2.24, 2.45) is 5.73 Å². The smallest absolute Gasteiger partial charge is 0.338 e. The van der Waals surface area contributed by atoms with Crippen molar-refractivity contribution in [3.63, 3.8) is 0 Å². The van der Waals surface area contributed by atoms with E-state index in [-0.39, 0.29) is 17.8 Å². The van der Waals surface area contributed by atoms with Crippen LogP contribution in [0.1, 0.15) is 23.2 Å². The van der Waals surface area contributed by atoms with E-state index >= 15 is 0 Å². The largest absolute Gasteiger partial charge is 0.478 e. The molecule has 2 amide bonds. The van der Waals surface area contributed by atoms with E-state index in [4.69, 9.17) is 10.8 Å². The number of nitrogens with one attached hydrogen (secondary N) is 1. The standard InChI is InChI=1S/C13H16FN3O3/c14-11-7-9(1-2-10(11)12(18)19)16-13(20)17-5-3-8(15)4-6-17/h1-2,7-8H,3-6,15H2,(H,16,20)(H,18,19). The molecule has 20 heavy (non-hydrogen) atoms. The molecule has 0 atom stereocenters. The van der Waals surface area contributed by atoms with Gasteiger partial charge in [-0.25, -0.2) is 14.0 Å². The Bertz CT molecular complexity index is 528. The van der Waals surface area contributed by atoms with Gasteiger partial charge < -0.3 is 21.1 Å². The minimum absolute atomic E-state index is 0.117. The van der Waals surface area contributed by atoms with Crippen LogP contribution in [-0.4, -0.2) is 41.1 Å². The lowest BCUT2D eigenvalue weighted by Crippen LogP contribution is -2.44. The Labute approximate surface area is 115 Å². The molecule has 108 valence electrons. The first-order valence-corrected chi connectivity index (χ1v) is 6.31. The van der Waals surface area contributed by atoms with Crippen LogP contribution in [0.2, 0.25) is 0 Å². The molecule has 1 aliphatic rings. The van der Waals surface area contributed by atoms with Gasteiger partial charge >= 0.3 is 12.0 Å². The van der Waals surface area contributed by atoms with Crippen LogP contribution in [-0.2, 0) is 0 Å². The summed E-state index contributed by atoms with van der Waals surface area (Å²) in [6, 6.07) is 3.27. The summed E-state index contributed by atoms with van der Waals surface area (Å²) < 4.78 is 13.5. The first kappa shape index (κ1) is 14.3. The van der Waals surface area contributed by atoms with Crippen molar-refractivity contribution >= 4 is 17.7 Å². The highest BCUT2D eigenvalue weighted by Gasteiger charge is 2.21. The fourth-order valence-electron chi connectivity index (χ4n) is 2.07. The highest BCUT2D eigenvalue weighted by Crippen LogP contribution is 2.16. The number of halogens is 1. The summed E-state index contributed by atoms with van der Waals surface area (Å²) in [7, 11) is 0. The van der Waals surface area contributed by atoms with Gasteiger partial charge in [0, 0.05) is 24.8 Å². The van der Waals surface area contributed by atoms with Gasteiger partial charge in [0.15, 0.2) is 0 Å². The Balaban J connectivity index is 2.01. The third-order valence-electron chi connectivity index (χ3n) is 3.28. The zero-order valence-electron chi connectivity index (χ0n) is 10.8. The summed E-state index contributed by atoms with van der Waals surface area (Å²) in [6.07, 6.45) is 1.47. The van der Waals surface area contributed by atoms with Crippen LogP contribution < -0.4 is 11.1 Å². The van der Waals surface area contributed by atoms with Gasteiger partial charge in [-0.1, -0.05) is 0 Å². The van der Waals surface area contributed by atoms with Gasteiger partial charge in [-0.05, 0) is 31.0 Å². The zero-order chi connectivity index (χ0) is 14.7. The maximum Gasteiger partial charge on any atom is 0.338 e. The number of aromatic carboxylic acids is 1. The SMILES string of the molecule is NC1CCN(C(=O)Nc2ccc(C(=O)O)c(F)c2)CC1. The van der Waals surface area contributed by atoms with E-state index in [2.05, 4.69) is 5.32 Å². The van der Waals surface area contributed by atoms with Gasteiger partial charge in [-0.15, -0.1) is 0 Å². The monoisotopic (exact) mass is 281 g/mol. The number of likely N-dealkylation sites (tertiary alicyclic amines) is 1. The van der Waals surface area contributed by atoms with Gasteiger partial charge in [-0.3, -0.25) is 0 Å². The fraction of sp³-hybridized carbons (Fsp3) is 0.385. The first-order valence-electron chi connectivity index (χ1n) is 6.31. The summed E-state index contributed by atoms with van der Waals surface area (Å²) in [5.41, 5.74) is 5.56. The maximum atomic E-state index is 13.5. The van der Waals surface area contributed by atoms with E-state index < -0.39 is 17.3 Å². The molecule has 1 aromatic carbocycles. The van der Waals surface area contributed by atoms with Crippen molar-refractivity contribution in [1.29, 1.82) is 0 Å². The minimum atomic E-state index is -1.34. The molecule has 0 unspecified atom stereocenters. The van der Waals surface area contributed by atoms with Gasteiger partial charge in [-0.2, -0.15) is 0 Å². The number of urea groups is 1. The number of nitrogens with two attached hydrogens (primary N) is 1. The predicted molar refractivity (Wildman–Crippen MR) is 71.2 cm³/mol. The predicted octanol–water partition coefficient (Wildman–Crippen LogP) is 1.48. The lowest BCUT2D eigenvalue weighted by atomic mass is 10.1. The lowest BCUT2D eigenvalue weighted by molar-refractivity contribution is 0.0692. The van der Waals surface area contributed by atoms with E-state index in [1.165, 1.54) is 6.07 Å². The highest BCUT2D eigenvalue weighted by atomic mass is 19.1. The number of hydrogen-bond acceptors (Lipinski definition) is 3. The topological polar surface area (TPSA) is 95.7 Å². The second kappa shape index (κ2) is 5.87. The third-order valence-corrected chi connectivity index (χ3v) is 3.28. The van der Waals surface area contributed by atoms with E-state index in [0.29, 0.717) is 13.1 Å². The number of piperidine rings is 1. The fourth-order valence-corrected chi connectivity index (χ4v) is 2.07. The molecule has 7 heteroatoms. The number of anilines is 1. The molecule has 4 N–H and O–H groups in total. The number of amides is 2. The van der Waals surface area contributed by atoms with Crippen LogP contribution in [0.3, 0.4) is 0 Å². The summed E-state index contributed by atoms with van der Waals surface area (Å²) in [6.45, 7) is 1.12. The van der Waals surface area contributed by atoms with Crippen molar-refractivity contribution in [3.8, 4) is 0 Å². The van der Waals surface area contributed by atoms with Gasteiger partial charge in [0.25, 0.3) is 0 Å². The minimum Gasteiger partial charge on any atom is -0.478 e.